The van der Waals surface area contributed by atoms with Gasteiger partial charge in [0.25, 0.3) is 0 Å². The number of amides is 1. The van der Waals surface area contributed by atoms with Gasteiger partial charge in [0.15, 0.2) is 0 Å². The summed E-state index contributed by atoms with van der Waals surface area (Å²) in [5.74, 6) is -0.960. The topological polar surface area (TPSA) is 102 Å². The molecule has 1 amide bonds. The third kappa shape index (κ3) is 2.94. The molecule has 0 atom stereocenters. The van der Waals surface area contributed by atoms with Gasteiger partial charge in [-0.15, -0.1) is 0 Å². The molecule has 0 bridgehead atoms. The number of ether oxygens (including phenoxy) is 2. The molecule has 20 heavy (non-hydrogen) atoms. The molecule has 2 saturated heterocycles. The molecule has 0 aromatic rings. The summed E-state index contributed by atoms with van der Waals surface area (Å²) in [5.41, 5.74) is 4.73. The number of hydrogen-bond donors (Lipinski definition) is 2. The minimum Gasteiger partial charge on any atom is -0.480 e. The average Bonchev–Trinajstić information content (AvgIpc) is 2.42. The summed E-state index contributed by atoms with van der Waals surface area (Å²) in [6.07, 6.45) is 1.29. The van der Waals surface area contributed by atoms with Crippen molar-refractivity contribution in [3.05, 3.63) is 0 Å². The first-order valence-corrected chi connectivity index (χ1v) is 6.84. The normalized spacial score (nSPS) is 24.0. The van der Waals surface area contributed by atoms with E-state index in [0.717, 1.165) is 0 Å². The van der Waals surface area contributed by atoms with Crippen molar-refractivity contribution in [3.63, 3.8) is 0 Å². The number of nitrogens with zero attached hydrogens (tertiary/aromatic N) is 1. The predicted molar refractivity (Wildman–Crippen MR) is 70.1 cm³/mol. The van der Waals surface area contributed by atoms with Crippen LogP contribution in [0.1, 0.15) is 19.8 Å². The summed E-state index contributed by atoms with van der Waals surface area (Å²) in [4.78, 5) is 24.8. The smallest absolute Gasteiger partial charge is 0.329 e. The SMILES string of the molecule is CC1(OCC(=O)O)CN(C(=O)C2(CN)CCOCC2)C1. The molecule has 7 heteroatoms. The van der Waals surface area contributed by atoms with Gasteiger partial charge in [-0.25, -0.2) is 4.79 Å². The lowest BCUT2D eigenvalue weighted by Crippen LogP contribution is -2.67. The first-order chi connectivity index (χ1) is 9.41. The zero-order chi connectivity index (χ0) is 14.8. The lowest BCUT2D eigenvalue weighted by molar-refractivity contribution is -0.182. The minimum atomic E-state index is -1.00. The van der Waals surface area contributed by atoms with Crippen LogP contribution in [-0.4, -0.2) is 66.9 Å². The molecular weight excluding hydrogens is 264 g/mol. The van der Waals surface area contributed by atoms with E-state index in [9.17, 15) is 9.59 Å². The summed E-state index contributed by atoms with van der Waals surface area (Å²) < 4.78 is 10.6. The molecule has 0 spiro atoms. The van der Waals surface area contributed by atoms with Crippen molar-refractivity contribution >= 4 is 11.9 Å². The maximum atomic E-state index is 12.6. The fourth-order valence-electron chi connectivity index (χ4n) is 2.83. The van der Waals surface area contributed by atoms with Gasteiger partial charge in [-0.05, 0) is 19.8 Å². The summed E-state index contributed by atoms with van der Waals surface area (Å²) in [6.45, 7) is 3.75. The first-order valence-electron chi connectivity index (χ1n) is 6.84. The summed E-state index contributed by atoms with van der Waals surface area (Å²) >= 11 is 0. The highest BCUT2D eigenvalue weighted by Crippen LogP contribution is 2.35. The van der Waals surface area contributed by atoms with Gasteiger partial charge in [0, 0.05) is 19.8 Å². The van der Waals surface area contributed by atoms with Crippen LogP contribution >= 0.6 is 0 Å². The molecule has 2 rings (SSSR count). The van der Waals surface area contributed by atoms with E-state index in [1.807, 2.05) is 6.92 Å². The van der Waals surface area contributed by atoms with Crippen molar-refractivity contribution in [2.45, 2.75) is 25.4 Å². The Morgan fingerprint density at radius 2 is 1.95 bits per heavy atom. The number of carboxylic acid groups (broad SMARTS) is 1. The summed E-state index contributed by atoms with van der Waals surface area (Å²) in [5, 5.41) is 8.62. The van der Waals surface area contributed by atoms with E-state index in [0.29, 0.717) is 45.7 Å². The van der Waals surface area contributed by atoms with Crippen molar-refractivity contribution in [1.29, 1.82) is 0 Å². The molecule has 2 fully saturated rings. The largest absolute Gasteiger partial charge is 0.480 e. The van der Waals surface area contributed by atoms with Crippen LogP contribution in [0.5, 0.6) is 0 Å². The van der Waals surface area contributed by atoms with E-state index in [1.54, 1.807) is 4.90 Å². The summed E-state index contributed by atoms with van der Waals surface area (Å²) in [6, 6.07) is 0. The number of aliphatic carboxylic acids is 1. The van der Waals surface area contributed by atoms with Gasteiger partial charge >= 0.3 is 5.97 Å². The minimum absolute atomic E-state index is 0.0414. The van der Waals surface area contributed by atoms with Gasteiger partial charge in [-0.2, -0.15) is 0 Å². The molecule has 0 aliphatic carbocycles. The zero-order valence-corrected chi connectivity index (χ0v) is 11.8. The van der Waals surface area contributed by atoms with Crippen LogP contribution in [0.3, 0.4) is 0 Å². The molecule has 2 aliphatic heterocycles. The molecule has 0 aromatic carbocycles. The van der Waals surface area contributed by atoms with Crippen molar-refractivity contribution in [2.75, 3.05) is 39.5 Å². The van der Waals surface area contributed by atoms with Crippen LogP contribution in [0.4, 0.5) is 0 Å². The zero-order valence-electron chi connectivity index (χ0n) is 11.8. The average molecular weight is 286 g/mol. The lowest BCUT2D eigenvalue weighted by atomic mass is 9.77. The summed E-state index contributed by atoms with van der Waals surface area (Å²) in [7, 11) is 0. The second-order valence-corrected chi connectivity index (χ2v) is 5.89. The van der Waals surface area contributed by atoms with Crippen molar-refractivity contribution in [1.82, 2.24) is 4.90 Å². The maximum Gasteiger partial charge on any atom is 0.329 e. The van der Waals surface area contributed by atoms with E-state index in [4.69, 9.17) is 20.3 Å². The Hall–Kier alpha value is -1.18. The Bertz CT molecular complexity index is 386. The van der Waals surface area contributed by atoms with Gasteiger partial charge in [0.2, 0.25) is 5.91 Å². The van der Waals surface area contributed by atoms with Crippen LogP contribution < -0.4 is 5.73 Å². The van der Waals surface area contributed by atoms with Gasteiger partial charge in [-0.3, -0.25) is 4.79 Å². The molecule has 3 N–H and O–H groups in total. The van der Waals surface area contributed by atoms with Crippen LogP contribution in [0, 0.1) is 5.41 Å². The molecule has 0 saturated carbocycles. The number of carbonyl (C=O) groups is 2. The Labute approximate surface area is 118 Å². The van der Waals surface area contributed by atoms with Crippen molar-refractivity contribution < 1.29 is 24.2 Å². The standard InChI is InChI=1S/C13H22N2O5/c1-12(20-6-10(16)17)8-15(9-12)11(18)13(7-14)2-4-19-5-3-13/h2-9,14H2,1H3,(H,16,17). The molecule has 7 nitrogen and oxygen atoms in total. The van der Waals surface area contributed by atoms with E-state index in [1.165, 1.54) is 0 Å². The highest BCUT2D eigenvalue weighted by atomic mass is 16.5. The van der Waals surface area contributed by atoms with E-state index in [-0.39, 0.29) is 12.5 Å². The van der Waals surface area contributed by atoms with Gasteiger partial charge in [-0.1, -0.05) is 0 Å². The second-order valence-electron chi connectivity index (χ2n) is 5.89. The highest BCUT2D eigenvalue weighted by molar-refractivity contribution is 5.84. The third-order valence-corrected chi connectivity index (χ3v) is 4.18. The van der Waals surface area contributed by atoms with Crippen LogP contribution in [0.25, 0.3) is 0 Å². The molecule has 2 heterocycles. The number of carbonyl (C=O) groups excluding carboxylic acids is 1. The fraction of sp³-hybridized carbons (Fsp3) is 0.846. The third-order valence-electron chi connectivity index (χ3n) is 4.18. The molecular formula is C13H22N2O5. The number of likely N-dealkylation sites (tertiary alicyclic amines) is 1. The maximum absolute atomic E-state index is 12.6. The number of nitrogens with two attached hydrogens (primary N) is 1. The first kappa shape index (κ1) is 15.2. The molecule has 2 aliphatic rings. The van der Waals surface area contributed by atoms with E-state index >= 15 is 0 Å². The van der Waals surface area contributed by atoms with Crippen molar-refractivity contribution in [2.24, 2.45) is 11.1 Å². The Balaban J connectivity index is 1.90. The Morgan fingerprint density at radius 1 is 1.35 bits per heavy atom. The highest BCUT2D eigenvalue weighted by Gasteiger charge is 2.49. The van der Waals surface area contributed by atoms with E-state index in [2.05, 4.69) is 0 Å². The van der Waals surface area contributed by atoms with Crippen molar-refractivity contribution in [3.8, 4) is 0 Å². The second kappa shape index (κ2) is 5.67. The predicted octanol–water partition coefficient (Wildman–Crippen LogP) is -0.556. The van der Waals surface area contributed by atoms with Gasteiger partial charge < -0.3 is 25.2 Å². The molecule has 0 radical (unpaired) electrons. The molecule has 0 unspecified atom stereocenters. The number of hydrogen-bond acceptors (Lipinski definition) is 5. The quantitative estimate of drug-likeness (QED) is 0.702. The van der Waals surface area contributed by atoms with Crippen LogP contribution in [-0.2, 0) is 19.1 Å². The Kier molecular flexibility index (Phi) is 4.31. The fourth-order valence-corrected chi connectivity index (χ4v) is 2.83. The lowest BCUT2D eigenvalue weighted by Gasteiger charge is -2.51. The molecule has 114 valence electrons. The van der Waals surface area contributed by atoms with Crippen LogP contribution in [0.2, 0.25) is 0 Å². The monoisotopic (exact) mass is 286 g/mol. The number of rotatable bonds is 5. The van der Waals surface area contributed by atoms with E-state index < -0.39 is 17.0 Å². The number of carboxylic acids is 1. The Morgan fingerprint density at radius 3 is 2.45 bits per heavy atom. The van der Waals surface area contributed by atoms with Gasteiger partial charge in [0.05, 0.1) is 18.5 Å². The van der Waals surface area contributed by atoms with Gasteiger partial charge in [0.1, 0.15) is 12.2 Å². The molecule has 0 aromatic heterocycles. The van der Waals surface area contributed by atoms with Crippen LogP contribution in [0.15, 0.2) is 0 Å².